The molecule has 0 saturated carbocycles. The first-order chi connectivity index (χ1) is 12.7. The summed E-state index contributed by atoms with van der Waals surface area (Å²) in [5, 5.41) is 3.86. The van der Waals surface area contributed by atoms with Gasteiger partial charge in [0.15, 0.2) is 5.82 Å². The molecule has 2 heterocycles. The molecule has 0 unspecified atom stereocenters. The van der Waals surface area contributed by atoms with Gasteiger partial charge in [-0.1, -0.05) is 42.5 Å². The van der Waals surface area contributed by atoms with Gasteiger partial charge in [0.25, 0.3) is 0 Å². The molecule has 4 rings (SSSR count). The molecule has 0 atom stereocenters. The number of carbonyl (C=O) groups excluding carboxylic acids is 1. The van der Waals surface area contributed by atoms with Crippen molar-refractivity contribution in [2.75, 3.05) is 18.0 Å². The number of amides is 2. The van der Waals surface area contributed by atoms with Crippen molar-refractivity contribution in [3.63, 3.8) is 0 Å². The number of para-hydroxylation sites is 1. The number of hydrogen-bond acceptors (Lipinski definition) is 4. The van der Waals surface area contributed by atoms with E-state index in [1.807, 2.05) is 48.5 Å². The zero-order valence-corrected chi connectivity index (χ0v) is 14.4. The molecular formula is C20H21N5O. The summed E-state index contributed by atoms with van der Waals surface area (Å²) >= 11 is 0. The fourth-order valence-electron chi connectivity index (χ4n) is 3.45. The number of hydrogen-bond donors (Lipinski definition) is 2. The van der Waals surface area contributed by atoms with E-state index in [1.54, 1.807) is 0 Å². The number of nitrogens with zero attached hydrogens (tertiary/aromatic N) is 3. The average molecular weight is 347 g/mol. The highest BCUT2D eigenvalue weighted by molar-refractivity contribution is 5.91. The number of rotatable bonds is 3. The third-order valence-electron chi connectivity index (χ3n) is 4.76. The first-order valence-electron chi connectivity index (χ1n) is 8.84. The van der Waals surface area contributed by atoms with Crippen molar-refractivity contribution in [3.8, 4) is 11.4 Å². The van der Waals surface area contributed by atoms with Gasteiger partial charge in [-0.2, -0.15) is 0 Å². The number of primary amides is 1. The highest BCUT2D eigenvalue weighted by atomic mass is 16.2. The first kappa shape index (κ1) is 16.3. The summed E-state index contributed by atoms with van der Waals surface area (Å²) in [5.41, 5.74) is 7.19. The van der Waals surface area contributed by atoms with Crippen molar-refractivity contribution in [2.45, 2.75) is 18.9 Å². The molecule has 0 bridgehead atoms. The summed E-state index contributed by atoms with van der Waals surface area (Å²) < 4.78 is 0. The average Bonchev–Trinajstić information content (AvgIpc) is 2.68. The molecule has 1 fully saturated rings. The van der Waals surface area contributed by atoms with Crippen molar-refractivity contribution >= 4 is 22.8 Å². The van der Waals surface area contributed by atoms with Crippen LogP contribution < -0.4 is 16.0 Å². The zero-order valence-electron chi connectivity index (χ0n) is 14.4. The highest BCUT2D eigenvalue weighted by Crippen LogP contribution is 2.29. The van der Waals surface area contributed by atoms with Gasteiger partial charge in [0, 0.05) is 30.1 Å². The molecule has 6 heteroatoms. The lowest BCUT2D eigenvalue weighted by Crippen LogP contribution is -2.46. The SMILES string of the molecule is NC(=O)NC1CCN(c2nc(-c3ccccc3)nc3ccccc23)CC1. The lowest BCUT2D eigenvalue weighted by atomic mass is 10.0. The largest absolute Gasteiger partial charge is 0.356 e. The molecule has 132 valence electrons. The summed E-state index contributed by atoms with van der Waals surface area (Å²) in [6.07, 6.45) is 1.70. The van der Waals surface area contributed by atoms with Crippen molar-refractivity contribution in [1.29, 1.82) is 0 Å². The van der Waals surface area contributed by atoms with E-state index in [2.05, 4.69) is 16.3 Å². The number of anilines is 1. The molecule has 26 heavy (non-hydrogen) atoms. The number of piperidine rings is 1. The van der Waals surface area contributed by atoms with Gasteiger partial charge in [-0.25, -0.2) is 14.8 Å². The smallest absolute Gasteiger partial charge is 0.312 e. The zero-order chi connectivity index (χ0) is 17.9. The van der Waals surface area contributed by atoms with Crippen LogP contribution in [-0.4, -0.2) is 35.1 Å². The van der Waals surface area contributed by atoms with Gasteiger partial charge >= 0.3 is 6.03 Å². The molecule has 3 aromatic rings. The second kappa shape index (κ2) is 7.00. The van der Waals surface area contributed by atoms with Gasteiger partial charge in [-0.3, -0.25) is 0 Å². The van der Waals surface area contributed by atoms with Crippen LogP contribution in [0.5, 0.6) is 0 Å². The molecule has 1 aliphatic rings. The van der Waals surface area contributed by atoms with Crippen LogP contribution in [0.25, 0.3) is 22.3 Å². The Hall–Kier alpha value is -3.15. The summed E-state index contributed by atoms with van der Waals surface area (Å²) in [4.78, 5) is 23.0. The van der Waals surface area contributed by atoms with Crippen LogP contribution in [0, 0.1) is 0 Å². The van der Waals surface area contributed by atoms with Crippen LogP contribution in [-0.2, 0) is 0 Å². The number of aromatic nitrogens is 2. The first-order valence-corrected chi connectivity index (χ1v) is 8.84. The third kappa shape index (κ3) is 3.31. The molecule has 1 aliphatic heterocycles. The van der Waals surface area contributed by atoms with E-state index < -0.39 is 6.03 Å². The van der Waals surface area contributed by atoms with Gasteiger partial charge in [0.05, 0.1) is 5.52 Å². The van der Waals surface area contributed by atoms with Crippen molar-refractivity contribution in [1.82, 2.24) is 15.3 Å². The Balaban J connectivity index is 1.69. The number of nitrogens with two attached hydrogens (primary N) is 1. The number of fused-ring (bicyclic) bond motifs is 1. The number of benzene rings is 2. The highest BCUT2D eigenvalue weighted by Gasteiger charge is 2.23. The maximum atomic E-state index is 11.1. The Morgan fingerprint density at radius 2 is 1.69 bits per heavy atom. The predicted octanol–water partition coefficient (Wildman–Crippen LogP) is 2.93. The molecule has 2 amide bonds. The quantitative estimate of drug-likeness (QED) is 0.763. The van der Waals surface area contributed by atoms with Gasteiger partial charge in [-0.05, 0) is 25.0 Å². The molecule has 2 aromatic carbocycles. The van der Waals surface area contributed by atoms with Crippen LogP contribution in [0.2, 0.25) is 0 Å². The number of urea groups is 1. The Labute approximate surface area is 152 Å². The van der Waals surface area contributed by atoms with E-state index in [0.29, 0.717) is 0 Å². The normalized spacial score (nSPS) is 15.2. The molecule has 0 spiro atoms. The van der Waals surface area contributed by atoms with E-state index in [9.17, 15) is 4.79 Å². The second-order valence-corrected chi connectivity index (χ2v) is 6.52. The van der Waals surface area contributed by atoms with Crippen LogP contribution in [0.15, 0.2) is 54.6 Å². The van der Waals surface area contributed by atoms with Crippen LogP contribution in [0.4, 0.5) is 10.6 Å². The van der Waals surface area contributed by atoms with E-state index in [1.165, 1.54) is 0 Å². The molecule has 0 aliphatic carbocycles. The maximum absolute atomic E-state index is 11.1. The molecular weight excluding hydrogens is 326 g/mol. The van der Waals surface area contributed by atoms with Crippen molar-refractivity contribution < 1.29 is 4.79 Å². The van der Waals surface area contributed by atoms with Crippen LogP contribution in [0.3, 0.4) is 0 Å². The van der Waals surface area contributed by atoms with E-state index >= 15 is 0 Å². The lowest BCUT2D eigenvalue weighted by Gasteiger charge is -2.33. The Kier molecular flexibility index (Phi) is 4.39. The third-order valence-corrected chi connectivity index (χ3v) is 4.76. The van der Waals surface area contributed by atoms with E-state index in [4.69, 9.17) is 15.7 Å². The van der Waals surface area contributed by atoms with Crippen LogP contribution >= 0.6 is 0 Å². The fraction of sp³-hybridized carbons (Fsp3) is 0.250. The van der Waals surface area contributed by atoms with Crippen molar-refractivity contribution in [2.24, 2.45) is 5.73 Å². The molecule has 1 aromatic heterocycles. The summed E-state index contributed by atoms with van der Waals surface area (Å²) in [5.74, 6) is 1.68. The molecule has 6 nitrogen and oxygen atoms in total. The minimum atomic E-state index is -0.456. The summed E-state index contributed by atoms with van der Waals surface area (Å²) in [6, 6.07) is 17.8. The number of nitrogens with one attached hydrogen (secondary N) is 1. The van der Waals surface area contributed by atoms with E-state index in [-0.39, 0.29) is 6.04 Å². The Morgan fingerprint density at radius 3 is 2.42 bits per heavy atom. The van der Waals surface area contributed by atoms with Gasteiger partial charge in [-0.15, -0.1) is 0 Å². The molecule has 0 radical (unpaired) electrons. The molecule has 1 saturated heterocycles. The van der Waals surface area contributed by atoms with Crippen LogP contribution in [0.1, 0.15) is 12.8 Å². The summed E-state index contributed by atoms with van der Waals surface area (Å²) in [6.45, 7) is 1.64. The second-order valence-electron chi connectivity index (χ2n) is 6.52. The minimum Gasteiger partial charge on any atom is -0.356 e. The lowest BCUT2D eigenvalue weighted by molar-refractivity contribution is 0.242. The predicted molar refractivity (Wildman–Crippen MR) is 103 cm³/mol. The van der Waals surface area contributed by atoms with Gasteiger partial charge in [0.2, 0.25) is 0 Å². The maximum Gasteiger partial charge on any atom is 0.312 e. The van der Waals surface area contributed by atoms with E-state index in [0.717, 1.165) is 54.0 Å². The number of carbonyl (C=O) groups is 1. The Morgan fingerprint density at radius 1 is 1.00 bits per heavy atom. The van der Waals surface area contributed by atoms with Gasteiger partial charge in [0.1, 0.15) is 5.82 Å². The fourth-order valence-corrected chi connectivity index (χ4v) is 3.45. The Bertz CT molecular complexity index is 920. The molecule has 3 N–H and O–H groups in total. The monoisotopic (exact) mass is 347 g/mol. The van der Waals surface area contributed by atoms with Gasteiger partial charge < -0.3 is 16.0 Å². The standard InChI is InChI=1S/C20H21N5O/c21-20(26)22-15-10-12-25(13-11-15)19-16-8-4-5-9-17(16)23-18(24-19)14-6-2-1-3-7-14/h1-9,15H,10-13H2,(H3,21,22,26). The minimum absolute atomic E-state index is 0.130. The van der Waals surface area contributed by atoms with Crippen molar-refractivity contribution in [3.05, 3.63) is 54.6 Å². The topological polar surface area (TPSA) is 84.1 Å². The summed E-state index contributed by atoms with van der Waals surface area (Å²) in [7, 11) is 0.